The molecule has 44 heavy (non-hydrogen) atoms. The van der Waals surface area contributed by atoms with E-state index in [0.717, 1.165) is 47.1 Å². The Labute approximate surface area is 265 Å². The van der Waals surface area contributed by atoms with E-state index in [4.69, 9.17) is 28.3 Å². The van der Waals surface area contributed by atoms with E-state index >= 15 is 0 Å². The first-order chi connectivity index (χ1) is 21.4. The molecular weight excluding hydrogens is 593 g/mol. The van der Waals surface area contributed by atoms with Gasteiger partial charge in [0.2, 0.25) is 5.91 Å². The molecule has 2 atom stereocenters. The second-order valence-electron chi connectivity index (χ2n) is 11.5. The first-order valence-corrected chi connectivity index (χ1v) is 15.6. The maximum Gasteiger partial charge on any atom is 0.261 e. The van der Waals surface area contributed by atoms with Crippen molar-refractivity contribution in [2.45, 2.75) is 38.1 Å². The maximum absolute atomic E-state index is 13.9. The van der Waals surface area contributed by atoms with Gasteiger partial charge in [-0.2, -0.15) is 5.10 Å². The second-order valence-corrected chi connectivity index (χ2v) is 12.4. The number of allylic oxidation sites excluding steroid dienone is 1. The number of carbonyl (C=O) groups excluding carboxylic acids is 3. The number of hydrogen-bond acceptors (Lipinski definition) is 4. The molecule has 0 radical (unpaired) electrons. The lowest BCUT2D eigenvalue weighted by atomic mass is 9.77. The van der Waals surface area contributed by atoms with Crippen LogP contribution in [0.1, 0.15) is 70.0 Å². The monoisotopic (exact) mass is 621 g/mol. The van der Waals surface area contributed by atoms with Crippen molar-refractivity contribution in [3.8, 4) is 0 Å². The summed E-state index contributed by atoms with van der Waals surface area (Å²) in [5, 5.41) is 9.46. The van der Waals surface area contributed by atoms with Crippen LogP contribution in [-0.2, 0) is 4.79 Å². The minimum Gasteiger partial charge on any atom is -0.274 e. The van der Waals surface area contributed by atoms with Gasteiger partial charge in [0.1, 0.15) is 0 Å². The van der Waals surface area contributed by atoms with Gasteiger partial charge in [-0.1, -0.05) is 71.7 Å². The molecule has 0 unspecified atom stereocenters. The van der Waals surface area contributed by atoms with Gasteiger partial charge in [0, 0.05) is 45.4 Å². The van der Waals surface area contributed by atoms with Crippen LogP contribution in [0, 0.1) is 5.92 Å². The van der Waals surface area contributed by atoms with Crippen molar-refractivity contribution in [3.63, 3.8) is 0 Å². The van der Waals surface area contributed by atoms with Crippen LogP contribution in [0.3, 0.4) is 0 Å². The lowest BCUT2D eigenvalue weighted by molar-refractivity contribution is -0.133. The zero-order chi connectivity index (χ0) is 30.4. The normalized spacial score (nSPS) is 20.3. The standard InChI is InChI=1S/C36H29Cl2N3O3/c37-26-16-12-22(13-17-26)21-25-7-3-10-30-33(25)39-41(34(30)24-14-18-27(38)19-15-24)31(42)11-4-20-40-35(43)28-8-1-5-23-6-2-9-29(32(23)28)36(40)44/h1-2,5-6,8-9,12-19,21,30,34H,3-4,7,10-11,20H2/b25-21-/t30-,34-/m0/s1. The molecule has 2 aliphatic heterocycles. The topological polar surface area (TPSA) is 70.1 Å². The van der Waals surface area contributed by atoms with Gasteiger partial charge >= 0.3 is 0 Å². The van der Waals surface area contributed by atoms with E-state index in [-0.39, 0.29) is 42.6 Å². The first-order valence-electron chi connectivity index (χ1n) is 14.9. The molecule has 0 N–H and O–H groups in total. The van der Waals surface area contributed by atoms with E-state index < -0.39 is 0 Å². The second kappa shape index (κ2) is 11.7. The molecule has 0 saturated heterocycles. The van der Waals surface area contributed by atoms with Crippen molar-refractivity contribution in [2.75, 3.05) is 6.54 Å². The lowest BCUT2D eigenvalue weighted by Crippen LogP contribution is -2.41. The van der Waals surface area contributed by atoms with Crippen molar-refractivity contribution in [2.24, 2.45) is 11.0 Å². The number of hydrogen-bond donors (Lipinski definition) is 0. The molecule has 1 aliphatic carbocycles. The van der Waals surface area contributed by atoms with Crippen molar-refractivity contribution in [1.29, 1.82) is 0 Å². The summed E-state index contributed by atoms with van der Waals surface area (Å²) in [7, 11) is 0. The molecule has 6 nitrogen and oxygen atoms in total. The summed E-state index contributed by atoms with van der Waals surface area (Å²) in [6, 6.07) is 26.0. The molecular formula is C36H29Cl2N3O3. The molecule has 0 aromatic heterocycles. The van der Waals surface area contributed by atoms with Crippen LogP contribution < -0.4 is 0 Å². The number of rotatable bonds is 6. The van der Waals surface area contributed by atoms with E-state index in [0.29, 0.717) is 33.0 Å². The third-order valence-corrected chi connectivity index (χ3v) is 9.31. The largest absolute Gasteiger partial charge is 0.274 e. The number of carbonyl (C=O) groups is 3. The van der Waals surface area contributed by atoms with Crippen molar-refractivity contribution < 1.29 is 14.4 Å². The van der Waals surface area contributed by atoms with E-state index in [9.17, 15) is 14.4 Å². The Kier molecular flexibility index (Phi) is 7.57. The SMILES string of the molecule is O=C1c2cccc3cccc(c23)C(=O)N1CCCC(=O)N1N=C2/C(=C\c3ccc(Cl)cc3)CCC[C@@H]2[C@@H]1c1ccc(Cl)cc1. The Balaban J connectivity index is 1.13. The number of imide groups is 1. The molecule has 4 aromatic carbocycles. The summed E-state index contributed by atoms with van der Waals surface area (Å²) in [5.74, 6) is -0.739. The maximum atomic E-state index is 13.9. The fraction of sp³-hybridized carbons (Fsp3) is 0.222. The van der Waals surface area contributed by atoms with Crippen molar-refractivity contribution in [1.82, 2.24) is 9.91 Å². The fourth-order valence-corrected chi connectivity index (χ4v) is 7.00. The third-order valence-electron chi connectivity index (χ3n) is 8.81. The van der Waals surface area contributed by atoms with Crippen LogP contribution >= 0.6 is 23.2 Å². The summed E-state index contributed by atoms with van der Waals surface area (Å²) in [4.78, 5) is 41.8. The number of nitrogens with zero attached hydrogens (tertiary/aromatic N) is 3. The Morgan fingerprint density at radius 1 is 0.864 bits per heavy atom. The van der Waals surface area contributed by atoms with Crippen LogP contribution in [-0.4, -0.2) is 39.9 Å². The molecule has 0 spiro atoms. The number of amides is 3. The van der Waals surface area contributed by atoms with Crippen LogP contribution in [0.2, 0.25) is 10.0 Å². The fourth-order valence-electron chi connectivity index (χ4n) is 6.75. The zero-order valence-corrected chi connectivity index (χ0v) is 25.4. The van der Waals surface area contributed by atoms with Crippen LogP contribution in [0.25, 0.3) is 16.8 Å². The molecule has 220 valence electrons. The van der Waals surface area contributed by atoms with Crippen molar-refractivity contribution >= 4 is 63.5 Å². The summed E-state index contributed by atoms with van der Waals surface area (Å²) in [6.07, 6.45) is 5.40. The lowest BCUT2D eigenvalue weighted by Gasteiger charge is -2.30. The number of halogens is 2. The van der Waals surface area contributed by atoms with Gasteiger partial charge in [-0.15, -0.1) is 0 Å². The van der Waals surface area contributed by atoms with Crippen molar-refractivity contribution in [3.05, 3.63) is 123 Å². The molecule has 8 heteroatoms. The highest BCUT2D eigenvalue weighted by molar-refractivity contribution is 6.31. The summed E-state index contributed by atoms with van der Waals surface area (Å²) in [6.45, 7) is 0.148. The van der Waals surface area contributed by atoms with Gasteiger partial charge in [0.05, 0.1) is 11.8 Å². The zero-order valence-electron chi connectivity index (χ0n) is 23.9. The first kappa shape index (κ1) is 28.5. The van der Waals surface area contributed by atoms with E-state index in [1.165, 1.54) is 4.90 Å². The molecule has 4 aromatic rings. The van der Waals surface area contributed by atoms with E-state index in [1.54, 1.807) is 17.1 Å². The summed E-state index contributed by atoms with van der Waals surface area (Å²) in [5.41, 5.74) is 5.10. The van der Waals surface area contributed by atoms with E-state index in [2.05, 4.69) is 6.08 Å². The molecule has 2 heterocycles. The summed E-state index contributed by atoms with van der Waals surface area (Å²) >= 11 is 12.3. The smallest absolute Gasteiger partial charge is 0.261 e. The average molecular weight is 623 g/mol. The highest BCUT2D eigenvalue weighted by Gasteiger charge is 2.43. The van der Waals surface area contributed by atoms with Gasteiger partial charge in [0.15, 0.2) is 0 Å². The number of hydrazone groups is 1. The highest BCUT2D eigenvalue weighted by Crippen LogP contribution is 2.45. The highest BCUT2D eigenvalue weighted by atomic mass is 35.5. The Hall–Kier alpha value is -4.26. The molecule has 3 aliphatic rings. The van der Waals surface area contributed by atoms with E-state index in [1.807, 2.05) is 72.8 Å². The predicted molar refractivity (Wildman–Crippen MR) is 174 cm³/mol. The minimum atomic E-state index is -0.324. The van der Waals surface area contributed by atoms with Gasteiger partial charge < -0.3 is 0 Å². The quantitative estimate of drug-likeness (QED) is 0.203. The molecule has 7 rings (SSSR count). The average Bonchev–Trinajstić information content (AvgIpc) is 3.43. The molecule has 0 bridgehead atoms. The molecule has 1 saturated carbocycles. The number of benzene rings is 4. The third kappa shape index (κ3) is 5.12. The number of fused-ring (bicyclic) bond motifs is 1. The summed E-state index contributed by atoms with van der Waals surface area (Å²) < 4.78 is 0. The van der Waals surface area contributed by atoms with Gasteiger partial charge in [-0.05, 0) is 90.2 Å². The Morgan fingerprint density at radius 3 is 2.16 bits per heavy atom. The minimum absolute atomic E-state index is 0.0506. The van der Waals surface area contributed by atoms with Gasteiger partial charge in [-0.25, -0.2) is 5.01 Å². The van der Waals surface area contributed by atoms with Crippen LogP contribution in [0.15, 0.2) is 95.6 Å². The Morgan fingerprint density at radius 2 is 1.50 bits per heavy atom. The van der Waals surface area contributed by atoms with Gasteiger partial charge in [-0.3, -0.25) is 19.3 Å². The predicted octanol–water partition coefficient (Wildman–Crippen LogP) is 8.35. The molecule has 3 amide bonds. The van der Waals surface area contributed by atoms with Gasteiger partial charge in [0.25, 0.3) is 11.8 Å². The molecule has 1 fully saturated rings. The van der Waals surface area contributed by atoms with Crippen LogP contribution in [0.5, 0.6) is 0 Å². The Bertz CT molecular complexity index is 1810. The van der Waals surface area contributed by atoms with Crippen LogP contribution in [0.4, 0.5) is 0 Å².